The first kappa shape index (κ1) is 12.8. The fourth-order valence-corrected chi connectivity index (χ4v) is 3.61. The van der Waals surface area contributed by atoms with Crippen LogP contribution in [-0.2, 0) is 0 Å². The maximum Gasteiger partial charge on any atom is 0.0881 e. The van der Waals surface area contributed by atoms with Crippen LogP contribution >= 0.6 is 0 Å². The highest BCUT2D eigenvalue weighted by molar-refractivity contribution is 5.25. The summed E-state index contributed by atoms with van der Waals surface area (Å²) in [6.45, 7) is 15.6. The van der Waals surface area contributed by atoms with E-state index in [0.29, 0.717) is 6.04 Å². The zero-order chi connectivity index (χ0) is 12.8. The quantitative estimate of drug-likeness (QED) is 0.730. The van der Waals surface area contributed by atoms with Gasteiger partial charge < -0.3 is 5.73 Å². The third kappa shape index (κ3) is 1.77. The van der Waals surface area contributed by atoms with Gasteiger partial charge in [0.05, 0.1) is 11.7 Å². The molecule has 3 heteroatoms. The van der Waals surface area contributed by atoms with Crippen molar-refractivity contribution in [2.24, 2.45) is 5.73 Å². The SMILES string of the molecule is C=CC1(C)NC2CN1C(C(=C)C)C(N)(CC)C2. The third-order valence-electron chi connectivity index (χ3n) is 4.52. The first-order chi connectivity index (χ1) is 7.86. The Kier molecular flexibility index (Phi) is 2.97. The molecule has 0 aromatic heterocycles. The van der Waals surface area contributed by atoms with Crippen molar-refractivity contribution in [2.45, 2.75) is 56.9 Å². The van der Waals surface area contributed by atoms with Crippen LogP contribution in [-0.4, -0.2) is 34.7 Å². The monoisotopic (exact) mass is 235 g/mol. The van der Waals surface area contributed by atoms with Gasteiger partial charge in [0.25, 0.3) is 0 Å². The molecule has 2 aliphatic heterocycles. The molecule has 2 heterocycles. The number of hydrogen-bond donors (Lipinski definition) is 2. The minimum absolute atomic E-state index is 0.148. The molecular formula is C14H25N3. The van der Waals surface area contributed by atoms with E-state index in [1.165, 1.54) is 0 Å². The Morgan fingerprint density at radius 2 is 2.29 bits per heavy atom. The molecule has 2 fully saturated rings. The molecular weight excluding hydrogens is 210 g/mol. The maximum atomic E-state index is 6.62. The second-order valence-corrected chi connectivity index (χ2v) is 5.88. The number of fused-ring (bicyclic) bond motifs is 2. The summed E-state index contributed by atoms with van der Waals surface area (Å²) < 4.78 is 0. The van der Waals surface area contributed by atoms with Gasteiger partial charge >= 0.3 is 0 Å². The van der Waals surface area contributed by atoms with Gasteiger partial charge in [0, 0.05) is 18.1 Å². The lowest BCUT2D eigenvalue weighted by atomic mass is 9.76. The number of nitrogens with one attached hydrogen (secondary N) is 1. The highest BCUT2D eigenvalue weighted by Gasteiger charge is 2.54. The molecule has 2 rings (SSSR count). The number of nitrogens with two attached hydrogens (primary N) is 1. The van der Waals surface area contributed by atoms with E-state index in [1.807, 2.05) is 6.08 Å². The summed E-state index contributed by atoms with van der Waals surface area (Å²) in [6.07, 6.45) is 3.98. The molecule has 0 amide bonds. The predicted molar refractivity (Wildman–Crippen MR) is 72.7 cm³/mol. The van der Waals surface area contributed by atoms with Crippen LogP contribution in [0, 0.1) is 0 Å². The van der Waals surface area contributed by atoms with Gasteiger partial charge in [0.15, 0.2) is 0 Å². The normalized spacial score (nSPS) is 49.1. The van der Waals surface area contributed by atoms with Gasteiger partial charge in [0.2, 0.25) is 0 Å². The Morgan fingerprint density at radius 1 is 1.65 bits per heavy atom. The maximum absolute atomic E-state index is 6.62. The first-order valence-electron chi connectivity index (χ1n) is 6.48. The standard InChI is InChI=1S/C14H25N3/c1-6-13(5)16-11-8-14(15,7-2)12(10(3)4)17(13)9-11/h6,11-12,16H,1,3,7-9,15H2,2,4-5H3. The first-order valence-corrected chi connectivity index (χ1v) is 6.48. The minimum Gasteiger partial charge on any atom is -0.323 e. The highest BCUT2D eigenvalue weighted by atomic mass is 15.4. The summed E-state index contributed by atoms with van der Waals surface area (Å²) >= 11 is 0. The smallest absolute Gasteiger partial charge is 0.0881 e. The molecule has 2 saturated heterocycles. The lowest BCUT2D eigenvalue weighted by Gasteiger charge is -2.49. The summed E-state index contributed by atoms with van der Waals surface area (Å²) in [4.78, 5) is 2.43. The van der Waals surface area contributed by atoms with Crippen LogP contribution < -0.4 is 11.1 Å². The van der Waals surface area contributed by atoms with Crippen molar-refractivity contribution >= 4 is 0 Å². The molecule has 17 heavy (non-hydrogen) atoms. The molecule has 2 aliphatic rings. The van der Waals surface area contributed by atoms with Crippen LogP contribution in [0.2, 0.25) is 0 Å². The fraction of sp³-hybridized carbons (Fsp3) is 0.714. The molecule has 0 radical (unpaired) electrons. The van der Waals surface area contributed by atoms with Crippen molar-refractivity contribution in [3.8, 4) is 0 Å². The van der Waals surface area contributed by atoms with Gasteiger partial charge in [-0.25, -0.2) is 0 Å². The summed E-state index contributed by atoms with van der Waals surface area (Å²) in [5.41, 5.74) is 7.47. The number of nitrogens with zero attached hydrogens (tertiary/aromatic N) is 1. The Labute approximate surface area is 105 Å². The molecule has 0 aromatic carbocycles. The second-order valence-electron chi connectivity index (χ2n) is 5.88. The van der Waals surface area contributed by atoms with E-state index >= 15 is 0 Å². The number of hydrogen-bond acceptors (Lipinski definition) is 3. The summed E-state index contributed by atoms with van der Waals surface area (Å²) in [7, 11) is 0. The molecule has 5 atom stereocenters. The summed E-state index contributed by atoms with van der Waals surface area (Å²) in [5.74, 6) is 0. The Bertz CT molecular complexity index is 351. The van der Waals surface area contributed by atoms with Crippen molar-refractivity contribution in [1.29, 1.82) is 0 Å². The van der Waals surface area contributed by atoms with Crippen molar-refractivity contribution < 1.29 is 0 Å². The van der Waals surface area contributed by atoms with Crippen LogP contribution in [0.3, 0.4) is 0 Å². The van der Waals surface area contributed by atoms with Gasteiger partial charge in [-0.3, -0.25) is 10.2 Å². The largest absolute Gasteiger partial charge is 0.323 e. The van der Waals surface area contributed by atoms with Crippen molar-refractivity contribution in [3.05, 3.63) is 24.8 Å². The number of rotatable bonds is 3. The number of piperidine rings is 1. The van der Waals surface area contributed by atoms with Crippen molar-refractivity contribution in [3.63, 3.8) is 0 Å². The Balaban J connectivity index is 2.42. The van der Waals surface area contributed by atoms with E-state index in [-0.39, 0.29) is 17.2 Å². The van der Waals surface area contributed by atoms with E-state index in [4.69, 9.17) is 5.73 Å². The topological polar surface area (TPSA) is 41.3 Å². The van der Waals surface area contributed by atoms with Gasteiger partial charge in [0.1, 0.15) is 0 Å². The van der Waals surface area contributed by atoms with Crippen LogP contribution in [0.4, 0.5) is 0 Å². The van der Waals surface area contributed by atoms with Crippen LogP contribution in [0.5, 0.6) is 0 Å². The zero-order valence-electron chi connectivity index (χ0n) is 11.3. The average Bonchev–Trinajstić information content (AvgIpc) is 2.52. The lowest BCUT2D eigenvalue weighted by Crippen LogP contribution is -2.64. The lowest BCUT2D eigenvalue weighted by molar-refractivity contribution is 0.0740. The summed E-state index contributed by atoms with van der Waals surface area (Å²) in [5, 5.41) is 3.64. The second kappa shape index (κ2) is 3.94. The van der Waals surface area contributed by atoms with Gasteiger partial charge in [-0.1, -0.05) is 31.7 Å². The molecule has 3 N–H and O–H groups in total. The van der Waals surface area contributed by atoms with Crippen LogP contribution in [0.25, 0.3) is 0 Å². The van der Waals surface area contributed by atoms with Gasteiger partial charge in [-0.2, -0.15) is 0 Å². The Morgan fingerprint density at radius 3 is 2.76 bits per heavy atom. The Hall–Kier alpha value is -0.640. The summed E-state index contributed by atoms with van der Waals surface area (Å²) in [6, 6.07) is 0.709. The molecule has 5 unspecified atom stereocenters. The molecule has 0 aliphatic carbocycles. The van der Waals surface area contributed by atoms with E-state index in [1.54, 1.807) is 0 Å². The van der Waals surface area contributed by atoms with Crippen LogP contribution in [0.1, 0.15) is 33.6 Å². The van der Waals surface area contributed by atoms with Gasteiger partial charge in [-0.15, -0.1) is 0 Å². The molecule has 96 valence electrons. The molecule has 2 bridgehead atoms. The van der Waals surface area contributed by atoms with E-state index in [2.05, 4.69) is 44.1 Å². The fourth-order valence-electron chi connectivity index (χ4n) is 3.61. The zero-order valence-corrected chi connectivity index (χ0v) is 11.3. The van der Waals surface area contributed by atoms with E-state index in [0.717, 1.165) is 25.0 Å². The third-order valence-corrected chi connectivity index (χ3v) is 4.52. The van der Waals surface area contributed by atoms with Gasteiger partial charge in [-0.05, 0) is 26.7 Å². The predicted octanol–water partition coefficient (Wildman–Crippen LogP) is 1.62. The van der Waals surface area contributed by atoms with E-state index < -0.39 is 0 Å². The van der Waals surface area contributed by atoms with Crippen molar-refractivity contribution in [1.82, 2.24) is 10.2 Å². The average molecular weight is 235 g/mol. The molecule has 0 spiro atoms. The molecule has 0 saturated carbocycles. The van der Waals surface area contributed by atoms with Crippen LogP contribution in [0.15, 0.2) is 24.8 Å². The minimum atomic E-state index is -0.164. The molecule has 0 aromatic rings. The molecule has 3 nitrogen and oxygen atoms in total. The van der Waals surface area contributed by atoms with E-state index in [9.17, 15) is 0 Å². The van der Waals surface area contributed by atoms with Crippen molar-refractivity contribution in [2.75, 3.05) is 6.54 Å². The highest BCUT2D eigenvalue weighted by Crippen LogP contribution is 2.40.